The van der Waals surface area contributed by atoms with Gasteiger partial charge in [0.15, 0.2) is 17.5 Å². The second kappa shape index (κ2) is 10.9. The van der Waals surface area contributed by atoms with E-state index in [0.29, 0.717) is 17.5 Å². The molecule has 0 radical (unpaired) electrons. The molecular formula is C37H24BrN3. The maximum atomic E-state index is 5.00. The van der Waals surface area contributed by atoms with Gasteiger partial charge in [-0.15, -0.1) is 0 Å². The summed E-state index contributed by atoms with van der Waals surface area (Å²) in [6.45, 7) is 0. The van der Waals surface area contributed by atoms with E-state index in [0.717, 1.165) is 32.3 Å². The van der Waals surface area contributed by atoms with E-state index in [9.17, 15) is 0 Å². The summed E-state index contributed by atoms with van der Waals surface area (Å²) in [5.41, 5.74) is 7.43. The standard InChI is InChI=1S/C37H24BrN3/c38-34-21-10-9-19-32(34)37-40-35(27-15-5-2-6-16-27)39-36(41-37)28-22-23-31(33(24-28)26-12-3-1-4-13-26)30-20-11-17-25-14-7-8-18-29(25)30/h1-24H. The molecule has 0 spiro atoms. The average molecular weight is 591 g/mol. The van der Waals surface area contributed by atoms with E-state index in [1.807, 2.05) is 60.7 Å². The van der Waals surface area contributed by atoms with Crippen molar-refractivity contribution in [3.63, 3.8) is 0 Å². The smallest absolute Gasteiger partial charge is 0.165 e. The summed E-state index contributed by atoms with van der Waals surface area (Å²) in [6.07, 6.45) is 0. The van der Waals surface area contributed by atoms with Crippen LogP contribution in [0.25, 0.3) is 67.2 Å². The SMILES string of the molecule is Brc1ccccc1-c1nc(-c2ccccc2)nc(-c2ccc(-c3cccc4ccccc34)c(-c3ccccc3)c2)n1. The molecule has 0 aliphatic rings. The summed E-state index contributed by atoms with van der Waals surface area (Å²) in [7, 11) is 0. The summed E-state index contributed by atoms with van der Waals surface area (Å²) in [5, 5.41) is 2.44. The third kappa shape index (κ3) is 4.94. The van der Waals surface area contributed by atoms with E-state index >= 15 is 0 Å². The van der Waals surface area contributed by atoms with Crippen LogP contribution in [0.4, 0.5) is 0 Å². The van der Waals surface area contributed by atoms with Crippen molar-refractivity contribution in [2.24, 2.45) is 0 Å². The summed E-state index contributed by atoms with van der Waals surface area (Å²) in [5.74, 6) is 1.90. The van der Waals surface area contributed by atoms with Gasteiger partial charge in [-0.2, -0.15) is 0 Å². The van der Waals surface area contributed by atoms with Crippen molar-refractivity contribution in [2.45, 2.75) is 0 Å². The molecule has 0 amide bonds. The lowest BCUT2D eigenvalue weighted by atomic mass is 9.90. The molecular weight excluding hydrogens is 566 g/mol. The predicted octanol–water partition coefficient (Wildman–Crippen LogP) is 10.1. The fraction of sp³-hybridized carbons (Fsp3) is 0. The Hall–Kier alpha value is -4.93. The molecule has 6 aromatic carbocycles. The molecule has 7 rings (SSSR count). The molecule has 7 aromatic rings. The summed E-state index contributed by atoms with van der Waals surface area (Å²) in [6, 6.07) is 50.2. The monoisotopic (exact) mass is 589 g/mol. The lowest BCUT2D eigenvalue weighted by molar-refractivity contribution is 1.07. The zero-order valence-electron chi connectivity index (χ0n) is 22.1. The van der Waals surface area contributed by atoms with Crippen molar-refractivity contribution < 1.29 is 0 Å². The first-order valence-corrected chi connectivity index (χ1v) is 14.3. The zero-order chi connectivity index (χ0) is 27.6. The Bertz CT molecular complexity index is 2000. The Morgan fingerprint density at radius 1 is 0.366 bits per heavy atom. The van der Waals surface area contributed by atoms with E-state index in [2.05, 4.69) is 101 Å². The minimum Gasteiger partial charge on any atom is -0.208 e. The molecule has 0 unspecified atom stereocenters. The first-order valence-electron chi connectivity index (χ1n) is 13.5. The summed E-state index contributed by atoms with van der Waals surface area (Å²) >= 11 is 3.69. The van der Waals surface area contributed by atoms with Crippen LogP contribution in [0.5, 0.6) is 0 Å². The third-order valence-electron chi connectivity index (χ3n) is 7.22. The fourth-order valence-electron chi connectivity index (χ4n) is 5.22. The molecule has 0 atom stereocenters. The highest BCUT2D eigenvalue weighted by Gasteiger charge is 2.17. The van der Waals surface area contributed by atoms with Gasteiger partial charge in [-0.05, 0) is 45.2 Å². The van der Waals surface area contributed by atoms with Crippen LogP contribution >= 0.6 is 15.9 Å². The topological polar surface area (TPSA) is 38.7 Å². The normalized spacial score (nSPS) is 11.0. The molecule has 0 bridgehead atoms. The Morgan fingerprint density at radius 2 is 0.951 bits per heavy atom. The van der Waals surface area contributed by atoms with Crippen LogP contribution in [0, 0.1) is 0 Å². The second-order valence-electron chi connectivity index (χ2n) is 9.81. The van der Waals surface area contributed by atoms with Crippen molar-refractivity contribution in [1.29, 1.82) is 0 Å². The van der Waals surface area contributed by atoms with Gasteiger partial charge in [0.05, 0.1) is 0 Å². The Balaban J connectivity index is 1.46. The highest BCUT2D eigenvalue weighted by molar-refractivity contribution is 9.10. The van der Waals surface area contributed by atoms with Crippen LogP contribution in [0.1, 0.15) is 0 Å². The van der Waals surface area contributed by atoms with Gasteiger partial charge in [-0.25, -0.2) is 15.0 Å². The number of benzene rings is 6. The molecule has 1 aromatic heterocycles. The largest absolute Gasteiger partial charge is 0.208 e. The molecule has 4 heteroatoms. The summed E-state index contributed by atoms with van der Waals surface area (Å²) in [4.78, 5) is 14.9. The van der Waals surface area contributed by atoms with Gasteiger partial charge >= 0.3 is 0 Å². The Labute approximate surface area is 247 Å². The van der Waals surface area contributed by atoms with Crippen LogP contribution < -0.4 is 0 Å². The number of halogens is 1. The molecule has 41 heavy (non-hydrogen) atoms. The lowest BCUT2D eigenvalue weighted by Gasteiger charge is -2.15. The van der Waals surface area contributed by atoms with Gasteiger partial charge in [0.2, 0.25) is 0 Å². The van der Waals surface area contributed by atoms with E-state index in [-0.39, 0.29) is 0 Å². The van der Waals surface area contributed by atoms with E-state index in [4.69, 9.17) is 15.0 Å². The first kappa shape index (κ1) is 25.1. The maximum Gasteiger partial charge on any atom is 0.165 e. The van der Waals surface area contributed by atoms with Gasteiger partial charge in [0, 0.05) is 21.2 Å². The number of fused-ring (bicyclic) bond motifs is 1. The van der Waals surface area contributed by atoms with Crippen LogP contribution in [-0.4, -0.2) is 15.0 Å². The molecule has 0 aliphatic heterocycles. The second-order valence-corrected chi connectivity index (χ2v) is 10.7. The molecule has 0 saturated carbocycles. The number of hydrogen-bond donors (Lipinski definition) is 0. The van der Waals surface area contributed by atoms with Gasteiger partial charge in [-0.3, -0.25) is 0 Å². The molecule has 0 fully saturated rings. The minimum absolute atomic E-state index is 0.626. The molecule has 0 aliphatic carbocycles. The Morgan fingerprint density at radius 3 is 1.73 bits per heavy atom. The number of nitrogens with zero attached hydrogens (tertiary/aromatic N) is 3. The van der Waals surface area contributed by atoms with E-state index < -0.39 is 0 Å². The van der Waals surface area contributed by atoms with Crippen molar-refractivity contribution >= 4 is 26.7 Å². The third-order valence-corrected chi connectivity index (χ3v) is 7.92. The fourth-order valence-corrected chi connectivity index (χ4v) is 5.68. The number of hydrogen-bond acceptors (Lipinski definition) is 3. The van der Waals surface area contributed by atoms with Crippen LogP contribution in [0.3, 0.4) is 0 Å². The average Bonchev–Trinajstić information content (AvgIpc) is 3.05. The minimum atomic E-state index is 0.626. The quantitative estimate of drug-likeness (QED) is 0.200. The highest BCUT2D eigenvalue weighted by Crippen LogP contribution is 2.39. The Kier molecular flexibility index (Phi) is 6.67. The predicted molar refractivity (Wildman–Crippen MR) is 172 cm³/mol. The number of aromatic nitrogens is 3. The van der Waals surface area contributed by atoms with Gasteiger partial charge in [0.1, 0.15) is 0 Å². The summed E-state index contributed by atoms with van der Waals surface area (Å²) < 4.78 is 0.937. The van der Waals surface area contributed by atoms with Gasteiger partial charge in [0.25, 0.3) is 0 Å². The lowest BCUT2D eigenvalue weighted by Crippen LogP contribution is -2.01. The molecule has 3 nitrogen and oxygen atoms in total. The van der Waals surface area contributed by atoms with Crippen LogP contribution in [-0.2, 0) is 0 Å². The van der Waals surface area contributed by atoms with Crippen LogP contribution in [0.2, 0.25) is 0 Å². The maximum absolute atomic E-state index is 5.00. The zero-order valence-corrected chi connectivity index (χ0v) is 23.7. The number of rotatable bonds is 5. The van der Waals surface area contributed by atoms with Crippen molar-refractivity contribution in [1.82, 2.24) is 15.0 Å². The van der Waals surface area contributed by atoms with Crippen molar-refractivity contribution in [3.05, 3.63) is 150 Å². The first-order chi connectivity index (χ1) is 20.2. The highest BCUT2D eigenvalue weighted by atomic mass is 79.9. The molecule has 0 N–H and O–H groups in total. The molecule has 1 heterocycles. The molecule has 194 valence electrons. The molecule has 0 saturated heterocycles. The van der Waals surface area contributed by atoms with Crippen LogP contribution in [0.15, 0.2) is 150 Å². The van der Waals surface area contributed by atoms with Crippen molar-refractivity contribution in [3.8, 4) is 56.4 Å². The van der Waals surface area contributed by atoms with Gasteiger partial charge < -0.3 is 0 Å². The van der Waals surface area contributed by atoms with E-state index in [1.54, 1.807) is 0 Å². The van der Waals surface area contributed by atoms with Gasteiger partial charge in [-0.1, -0.05) is 149 Å². The van der Waals surface area contributed by atoms with E-state index in [1.165, 1.54) is 21.9 Å². The van der Waals surface area contributed by atoms with Crippen molar-refractivity contribution in [2.75, 3.05) is 0 Å².